The van der Waals surface area contributed by atoms with E-state index >= 15 is 0 Å². The van der Waals surface area contributed by atoms with E-state index in [-0.39, 0.29) is 11.3 Å². The van der Waals surface area contributed by atoms with Gasteiger partial charge in [-0.1, -0.05) is 55.8 Å². The van der Waals surface area contributed by atoms with Crippen molar-refractivity contribution in [1.29, 1.82) is 0 Å². The predicted molar refractivity (Wildman–Crippen MR) is 129 cm³/mol. The number of ketones is 1. The Kier molecular flexibility index (Phi) is 6.86. The molecule has 0 radical (unpaired) electrons. The van der Waals surface area contributed by atoms with Crippen molar-refractivity contribution >= 4 is 34.3 Å². The molecule has 1 aliphatic rings. The minimum absolute atomic E-state index is 0.0317. The van der Waals surface area contributed by atoms with Crippen LogP contribution in [-0.2, 0) is 4.79 Å². The number of rotatable bonds is 9. The van der Waals surface area contributed by atoms with Gasteiger partial charge in [0.15, 0.2) is 11.5 Å². The lowest BCUT2D eigenvalue weighted by molar-refractivity contribution is -0.129. The van der Waals surface area contributed by atoms with Crippen LogP contribution in [0.3, 0.4) is 0 Å². The number of aliphatic hydroxyl groups is 1. The summed E-state index contributed by atoms with van der Waals surface area (Å²) in [6, 6.07) is 15.2. The molecule has 1 atom stereocenters. The molecule has 172 valence electrons. The summed E-state index contributed by atoms with van der Waals surface area (Å²) in [5.74, 6) is -1.48. The minimum atomic E-state index is -0.716. The predicted octanol–water partition coefficient (Wildman–Crippen LogP) is 5.40. The topological polar surface area (TPSA) is 74.0 Å². The summed E-state index contributed by atoms with van der Waals surface area (Å²) in [5.41, 5.74) is 1.31. The maximum atomic E-state index is 13.5. The van der Waals surface area contributed by atoms with E-state index in [0.717, 1.165) is 31.4 Å². The number of amides is 1. The molecule has 0 aliphatic carbocycles. The van der Waals surface area contributed by atoms with Crippen LogP contribution in [-0.4, -0.2) is 52.8 Å². The van der Waals surface area contributed by atoms with E-state index in [0.29, 0.717) is 22.7 Å². The first kappa shape index (κ1) is 23.1. The van der Waals surface area contributed by atoms with Crippen molar-refractivity contribution in [1.82, 2.24) is 9.80 Å². The quantitative estimate of drug-likeness (QED) is 0.427. The first-order valence-corrected chi connectivity index (χ1v) is 11.6. The van der Waals surface area contributed by atoms with E-state index in [1.165, 1.54) is 0 Å². The Hall–Kier alpha value is -3.09. The fourth-order valence-electron chi connectivity index (χ4n) is 4.34. The molecule has 1 aliphatic heterocycles. The number of fused-ring (bicyclic) bond motifs is 1. The number of aliphatic hydroxyl groups excluding tert-OH is 1. The highest BCUT2D eigenvalue weighted by Crippen LogP contribution is 2.40. The van der Waals surface area contributed by atoms with E-state index < -0.39 is 23.5 Å². The van der Waals surface area contributed by atoms with Gasteiger partial charge in [-0.3, -0.25) is 9.59 Å². The van der Waals surface area contributed by atoms with Gasteiger partial charge in [-0.25, -0.2) is 0 Å². The molecule has 3 aromatic rings. The Morgan fingerprint density at radius 2 is 1.82 bits per heavy atom. The van der Waals surface area contributed by atoms with Gasteiger partial charge in [-0.15, -0.1) is 0 Å². The van der Waals surface area contributed by atoms with Crippen LogP contribution in [0.1, 0.15) is 42.4 Å². The summed E-state index contributed by atoms with van der Waals surface area (Å²) < 4.78 is 5.75. The zero-order chi connectivity index (χ0) is 23.5. The molecule has 33 heavy (non-hydrogen) atoms. The third kappa shape index (κ3) is 4.54. The van der Waals surface area contributed by atoms with Gasteiger partial charge in [-0.05, 0) is 55.9 Å². The maximum Gasteiger partial charge on any atom is 0.290 e. The molecule has 2 aromatic carbocycles. The van der Waals surface area contributed by atoms with Crippen molar-refractivity contribution in [2.24, 2.45) is 0 Å². The number of carbonyl (C=O) groups excluding carboxylic acids is 2. The van der Waals surface area contributed by atoms with Crippen molar-refractivity contribution in [3.8, 4) is 0 Å². The van der Waals surface area contributed by atoms with Gasteiger partial charge in [0, 0.05) is 17.0 Å². The number of hydrogen-bond acceptors (Lipinski definition) is 5. The van der Waals surface area contributed by atoms with Crippen LogP contribution in [0.15, 0.2) is 70.3 Å². The zero-order valence-corrected chi connectivity index (χ0v) is 19.5. The summed E-state index contributed by atoms with van der Waals surface area (Å²) in [4.78, 5) is 30.4. The molecule has 0 saturated heterocycles. The maximum absolute atomic E-state index is 13.5. The second-order valence-electron chi connectivity index (χ2n) is 8.07. The number of hydrogen-bond donors (Lipinski definition) is 1. The van der Waals surface area contributed by atoms with Crippen molar-refractivity contribution in [3.05, 3.63) is 82.3 Å². The number of nitrogens with zero attached hydrogens (tertiary/aromatic N) is 2. The first-order chi connectivity index (χ1) is 15.9. The molecule has 0 fully saturated rings. The third-order valence-corrected chi connectivity index (χ3v) is 6.40. The number of halogens is 1. The van der Waals surface area contributed by atoms with Gasteiger partial charge in [0.2, 0.25) is 5.78 Å². The summed E-state index contributed by atoms with van der Waals surface area (Å²) in [7, 11) is 0. The van der Waals surface area contributed by atoms with Crippen LogP contribution in [0.5, 0.6) is 0 Å². The molecule has 0 unspecified atom stereocenters. The van der Waals surface area contributed by atoms with Crippen molar-refractivity contribution < 1.29 is 19.1 Å². The van der Waals surface area contributed by atoms with Gasteiger partial charge in [0.25, 0.3) is 5.91 Å². The number of Topliss-reactive ketones (excluding diaryl/α,β-unsaturated/α-hetero) is 1. The molecule has 4 rings (SSSR count). The monoisotopic (exact) mass is 466 g/mol. The fraction of sp³-hybridized carbons (Fsp3) is 0.308. The van der Waals surface area contributed by atoms with Crippen LogP contribution in [0.4, 0.5) is 0 Å². The molecule has 6 nitrogen and oxygen atoms in total. The smallest absolute Gasteiger partial charge is 0.290 e. The molecule has 7 heteroatoms. The van der Waals surface area contributed by atoms with E-state index in [1.54, 1.807) is 41.3 Å². The van der Waals surface area contributed by atoms with Crippen LogP contribution in [0.2, 0.25) is 5.02 Å². The highest BCUT2D eigenvalue weighted by atomic mass is 35.5. The minimum Gasteiger partial charge on any atom is -0.503 e. The lowest BCUT2D eigenvalue weighted by Crippen LogP contribution is -2.34. The Balaban J connectivity index is 1.69. The standard InChI is InChI=1S/C26H27ClN2O4/c1-3-28(4-2)14-7-15-29-23(17-10-12-19(27)13-11-17)22(25(31)26(29)32)24(30)21-16-18-8-5-6-9-20(18)33-21/h5-6,8-13,16,23,31H,3-4,7,14-15H2,1-2H3/t23-/m0/s1. The average Bonchev–Trinajstić information content (AvgIpc) is 3.37. The summed E-state index contributed by atoms with van der Waals surface area (Å²) in [5, 5.41) is 12.1. The molecule has 0 saturated carbocycles. The molecule has 1 amide bonds. The summed E-state index contributed by atoms with van der Waals surface area (Å²) >= 11 is 6.07. The number of benzene rings is 2. The summed E-state index contributed by atoms with van der Waals surface area (Å²) in [6.07, 6.45) is 0.719. The molecular formula is C26H27ClN2O4. The molecule has 2 heterocycles. The van der Waals surface area contributed by atoms with Gasteiger partial charge < -0.3 is 19.3 Å². The molecule has 1 N–H and O–H groups in total. The Bertz CT molecular complexity index is 1160. The Morgan fingerprint density at radius 3 is 2.48 bits per heavy atom. The van der Waals surface area contributed by atoms with Crippen molar-refractivity contribution in [2.45, 2.75) is 26.3 Å². The summed E-state index contributed by atoms with van der Waals surface area (Å²) in [6.45, 7) is 7.26. The lowest BCUT2D eigenvalue weighted by Gasteiger charge is -2.28. The van der Waals surface area contributed by atoms with Gasteiger partial charge in [0.1, 0.15) is 5.58 Å². The highest BCUT2D eigenvalue weighted by molar-refractivity contribution is 6.30. The van der Waals surface area contributed by atoms with Gasteiger partial charge >= 0.3 is 0 Å². The van der Waals surface area contributed by atoms with Crippen LogP contribution in [0, 0.1) is 0 Å². The van der Waals surface area contributed by atoms with E-state index in [9.17, 15) is 14.7 Å². The van der Waals surface area contributed by atoms with Crippen molar-refractivity contribution in [3.63, 3.8) is 0 Å². The second kappa shape index (κ2) is 9.81. The van der Waals surface area contributed by atoms with Crippen molar-refractivity contribution in [2.75, 3.05) is 26.2 Å². The molecular weight excluding hydrogens is 440 g/mol. The first-order valence-electron chi connectivity index (χ1n) is 11.2. The van der Waals surface area contributed by atoms with Gasteiger partial charge in [0.05, 0.1) is 11.6 Å². The largest absolute Gasteiger partial charge is 0.503 e. The third-order valence-electron chi connectivity index (χ3n) is 6.15. The number of para-hydroxylation sites is 1. The normalized spacial score (nSPS) is 16.4. The molecule has 0 bridgehead atoms. The molecule has 1 aromatic heterocycles. The Morgan fingerprint density at radius 1 is 1.12 bits per heavy atom. The SMILES string of the molecule is CCN(CC)CCCN1C(=O)C(O)=C(C(=O)c2cc3ccccc3o2)[C@@H]1c1ccc(Cl)cc1. The van der Waals surface area contributed by atoms with Crippen LogP contribution in [0.25, 0.3) is 11.0 Å². The molecule has 0 spiro atoms. The van der Waals surface area contributed by atoms with Crippen LogP contribution < -0.4 is 0 Å². The second-order valence-corrected chi connectivity index (χ2v) is 8.51. The number of furan rings is 1. The van der Waals surface area contributed by atoms with E-state index in [2.05, 4.69) is 18.7 Å². The van der Waals surface area contributed by atoms with Crippen LogP contribution >= 0.6 is 11.6 Å². The van der Waals surface area contributed by atoms with E-state index in [1.807, 2.05) is 18.2 Å². The highest BCUT2D eigenvalue weighted by Gasteiger charge is 2.44. The average molecular weight is 467 g/mol. The lowest BCUT2D eigenvalue weighted by atomic mass is 9.95. The van der Waals surface area contributed by atoms with Gasteiger partial charge in [-0.2, -0.15) is 0 Å². The zero-order valence-electron chi connectivity index (χ0n) is 18.8. The Labute approximate surface area is 198 Å². The fourth-order valence-corrected chi connectivity index (χ4v) is 4.46. The van der Waals surface area contributed by atoms with E-state index in [4.69, 9.17) is 16.0 Å². The number of carbonyl (C=O) groups is 2.